The standard InChI is InChI=1S/C13H21NO3S/c1-13(6-3-9-18-13)12(16)14-7-4-10(5-8-14)11(15)17-2/h10H,3-9H2,1-2H3. The zero-order chi connectivity index (χ0) is 13.2. The van der Waals surface area contributed by atoms with E-state index in [1.807, 2.05) is 4.90 Å². The van der Waals surface area contributed by atoms with Crippen LogP contribution < -0.4 is 0 Å². The molecular weight excluding hydrogens is 250 g/mol. The maximum atomic E-state index is 12.5. The van der Waals surface area contributed by atoms with Crippen molar-refractivity contribution in [2.75, 3.05) is 26.0 Å². The van der Waals surface area contributed by atoms with Gasteiger partial charge in [-0.3, -0.25) is 9.59 Å². The molecule has 18 heavy (non-hydrogen) atoms. The van der Waals surface area contributed by atoms with Crippen molar-refractivity contribution >= 4 is 23.6 Å². The Morgan fingerprint density at radius 3 is 2.50 bits per heavy atom. The van der Waals surface area contributed by atoms with Crippen molar-refractivity contribution in [3.05, 3.63) is 0 Å². The highest BCUT2D eigenvalue weighted by molar-refractivity contribution is 8.01. The van der Waals surface area contributed by atoms with Crippen molar-refractivity contribution in [3.8, 4) is 0 Å². The van der Waals surface area contributed by atoms with Crippen molar-refractivity contribution in [2.24, 2.45) is 5.92 Å². The largest absolute Gasteiger partial charge is 0.469 e. The average molecular weight is 271 g/mol. The Hall–Kier alpha value is -0.710. The molecule has 0 aromatic carbocycles. The number of carbonyl (C=O) groups is 2. The van der Waals surface area contributed by atoms with Gasteiger partial charge in [0.25, 0.3) is 0 Å². The van der Waals surface area contributed by atoms with Crippen molar-refractivity contribution in [2.45, 2.75) is 37.4 Å². The molecule has 0 bridgehead atoms. The molecule has 0 saturated carbocycles. The number of nitrogens with zero attached hydrogens (tertiary/aromatic N) is 1. The first-order chi connectivity index (χ1) is 8.57. The molecule has 0 aromatic heterocycles. The van der Waals surface area contributed by atoms with E-state index in [4.69, 9.17) is 4.74 Å². The van der Waals surface area contributed by atoms with Crippen LogP contribution in [0.15, 0.2) is 0 Å². The van der Waals surface area contributed by atoms with Crippen LogP contribution in [0.5, 0.6) is 0 Å². The van der Waals surface area contributed by atoms with Gasteiger partial charge in [0, 0.05) is 13.1 Å². The van der Waals surface area contributed by atoms with Crippen LogP contribution in [0.2, 0.25) is 0 Å². The molecule has 5 heteroatoms. The summed E-state index contributed by atoms with van der Waals surface area (Å²) < 4.78 is 4.53. The van der Waals surface area contributed by atoms with Gasteiger partial charge < -0.3 is 9.64 Å². The first-order valence-electron chi connectivity index (χ1n) is 6.58. The third-order valence-electron chi connectivity index (χ3n) is 3.99. The van der Waals surface area contributed by atoms with Crippen molar-refractivity contribution < 1.29 is 14.3 Å². The fourth-order valence-electron chi connectivity index (χ4n) is 2.77. The van der Waals surface area contributed by atoms with Gasteiger partial charge in [0.15, 0.2) is 0 Å². The van der Waals surface area contributed by atoms with E-state index >= 15 is 0 Å². The fraction of sp³-hybridized carbons (Fsp3) is 0.846. The number of piperidine rings is 1. The number of rotatable bonds is 2. The normalized spacial score (nSPS) is 29.3. The van der Waals surface area contributed by atoms with E-state index in [1.54, 1.807) is 11.8 Å². The monoisotopic (exact) mass is 271 g/mol. The quantitative estimate of drug-likeness (QED) is 0.717. The summed E-state index contributed by atoms with van der Waals surface area (Å²) in [6, 6.07) is 0. The van der Waals surface area contributed by atoms with Gasteiger partial charge in [0.1, 0.15) is 0 Å². The summed E-state index contributed by atoms with van der Waals surface area (Å²) in [5.74, 6) is 1.18. The molecular formula is C13H21NO3S. The summed E-state index contributed by atoms with van der Waals surface area (Å²) in [6.07, 6.45) is 3.58. The molecule has 2 fully saturated rings. The van der Waals surface area contributed by atoms with Gasteiger partial charge in [-0.2, -0.15) is 0 Å². The van der Waals surface area contributed by atoms with Crippen LogP contribution in [-0.2, 0) is 14.3 Å². The fourth-order valence-corrected chi connectivity index (χ4v) is 4.05. The van der Waals surface area contributed by atoms with E-state index < -0.39 is 0 Å². The predicted molar refractivity (Wildman–Crippen MR) is 71.4 cm³/mol. The molecule has 2 rings (SSSR count). The minimum atomic E-state index is -0.224. The highest BCUT2D eigenvalue weighted by Gasteiger charge is 2.41. The maximum Gasteiger partial charge on any atom is 0.308 e. The lowest BCUT2D eigenvalue weighted by atomic mass is 9.95. The third kappa shape index (κ3) is 2.66. The molecule has 0 aliphatic carbocycles. The van der Waals surface area contributed by atoms with Crippen LogP contribution in [0.25, 0.3) is 0 Å². The number of hydrogen-bond acceptors (Lipinski definition) is 4. The van der Waals surface area contributed by atoms with Crippen molar-refractivity contribution in [1.82, 2.24) is 4.90 Å². The van der Waals surface area contributed by atoms with E-state index in [9.17, 15) is 9.59 Å². The third-order valence-corrected chi connectivity index (χ3v) is 5.50. The molecule has 2 aliphatic rings. The first-order valence-corrected chi connectivity index (χ1v) is 7.56. The Morgan fingerprint density at radius 2 is 2.00 bits per heavy atom. The number of hydrogen-bond donors (Lipinski definition) is 0. The molecule has 102 valence electrons. The lowest BCUT2D eigenvalue weighted by Crippen LogP contribution is -2.48. The van der Waals surface area contributed by atoms with Crippen LogP contribution in [-0.4, -0.2) is 47.5 Å². The van der Waals surface area contributed by atoms with E-state index in [0.29, 0.717) is 13.1 Å². The van der Waals surface area contributed by atoms with Crippen LogP contribution >= 0.6 is 11.8 Å². The van der Waals surface area contributed by atoms with Crippen LogP contribution in [0.3, 0.4) is 0 Å². The predicted octanol–water partition coefficient (Wildman–Crippen LogP) is 1.68. The number of methoxy groups -OCH3 is 1. The number of amides is 1. The second-order valence-electron chi connectivity index (χ2n) is 5.27. The number of thioether (sulfide) groups is 1. The molecule has 0 aromatic rings. The number of esters is 1. The Kier molecular flexibility index (Phi) is 4.20. The summed E-state index contributed by atoms with van der Waals surface area (Å²) in [5.41, 5.74) is 0. The lowest BCUT2D eigenvalue weighted by molar-refractivity contribution is -0.149. The summed E-state index contributed by atoms with van der Waals surface area (Å²) in [5, 5.41) is 0. The van der Waals surface area contributed by atoms with E-state index in [1.165, 1.54) is 7.11 Å². The van der Waals surface area contributed by atoms with E-state index in [2.05, 4.69) is 6.92 Å². The topological polar surface area (TPSA) is 46.6 Å². The van der Waals surface area contributed by atoms with E-state index in [0.717, 1.165) is 31.4 Å². The van der Waals surface area contributed by atoms with Gasteiger partial charge in [-0.25, -0.2) is 0 Å². The zero-order valence-electron chi connectivity index (χ0n) is 11.1. The molecule has 2 heterocycles. The molecule has 1 amide bonds. The smallest absolute Gasteiger partial charge is 0.308 e. The van der Waals surface area contributed by atoms with Crippen LogP contribution in [0, 0.1) is 5.92 Å². The second-order valence-corrected chi connectivity index (χ2v) is 6.87. The van der Waals surface area contributed by atoms with Gasteiger partial charge in [-0.1, -0.05) is 0 Å². The van der Waals surface area contributed by atoms with Crippen LogP contribution in [0.4, 0.5) is 0 Å². The summed E-state index contributed by atoms with van der Waals surface area (Å²) >= 11 is 1.78. The Balaban J connectivity index is 1.89. The number of carbonyl (C=O) groups excluding carboxylic acids is 2. The first kappa shape index (κ1) is 13.7. The Morgan fingerprint density at radius 1 is 1.33 bits per heavy atom. The highest BCUT2D eigenvalue weighted by Crippen LogP contribution is 2.39. The SMILES string of the molecule is COC(=O)C1CCN(C(=O)C2(C)CCCS2)CC1. The molecule has 1 unspecified atom stereocenters. The molecule has 2 aliphatic heterocycles. The minimum absolute atomic E-state index is 0.0249. The molecule has 0 radical (unpaired) electrons. The number of likely N-dealkylation sites (tertiary alicyclic amines) is 1. The molecule has 0 N–H and O–H groups in total. The van der Waals surface area contributed by atoms with Gasteiger partial charge in [0.2, 0.25) is 5.91 Å². The van der Waals surface area contributed by atoms with Gasteiger partial charge >= 0.3 is 5.97 Å². The van der Waals surface area contributed by atoms with Crippen molar-refractivity contribution in [1.29, 1.82) is 0 Å². The number of ether oxygens (including phenoxy) is 1. The van der Waals surface area contributed by atoms with E-state index in [-0.39, 0.29) is 22.5 Å². The maximum absolute atomic E-state index is 12.5. The molecule has 4 nitrogen and oxygen atoms in total. The Bertz CT molecular complexity index is 331. The van der Waals surface area contributed by atoms with Crippen molar-refractivity contribution in [3.63, 3.8) is 0 Å². The van der Waals surface area contributed by atoms with Gasteiger partial charge in [-0.05, 0) is 38.4 Å². The van der Waals surface area contributed by atoms with Gasteiger partial charge in [-0.15, -0.1) is 11.8 Å². The van der Waals surface area contributed by atoms with Crippen LogP contribution in [0.1, 0.15) is 32.6 Å². The summed E-state index contributed by atoms with van der Waals surface area (Å²) in [7, 11) is 1.43. The minimum Gasteiger partial charge on any atom is -0.469 e. The lowest BCUT2D eigenvalue weighted by Gasteiger charge is -2.35. The molecule has 0 spiro atoms. The zero-order valence-corrected chi connectivity index (χ0v) is 11.9. The second kappa shape index (κ2) is 5.51. The molecule has 2 saturated heterocycles. The Labute approximate surface area is 112 Å². The highest BCUT2D eigenvalue weighted by atomic mass is 32.2. The summed E-state index contributed by atoms with van der Waals surface area (Å²) in [6.45, 7) is 3.43. The summed E-state index contributed by atoms with van der Waals surface area (Å²) in [4.78, 5) is 25.8. The average Bonchev–Trinajstić information content (AvgIpc) is 2.85. The molecule has 1 atom stereocenters. The van der Waals surface area contributed by atoms with Gasteiger partial charge in [0.05, 0.1) is 17.8 Å².